The minimum atomic E-state index is -0.219. The lowest BCUT2D eigenvalue weighted by Gasteiger charge is -2.42. The van der Waals surface area contributed by atoms with Crippen molar-refractivity contribution in [3.8, 4) is 0 Å². The van der Waals surface area contributed by atoms with Gasteiger partial charge in [-0.3, -0.25) is 14.4 Å². The summed E-state index contributed by atoms with van der Waals surface area (Å²) < 4.78 is 2.01. The van der Waals surface area contributed by atoms with Crippen LogP contribution in [0.2, 0.25) is 0 Å². The maximum Gasteiger partial charge on any atom is 0.229 e. The first kappa shape index (κ1) is 20.9. The number of piperidine rings is 1. The van der Waals surface area contributed by atoms with Crippen LogP contribution < -0.4 is 0 Å². The summed E-state index contributed by atoms with van der Waals surface area (Å²) in [4.78, 5) is 18.1. The van der Waals surface area contributed by atoms with E-state index in [0.717, 1.165) is 70.6 Å². The molecular formula is C25H34N4O. The van der Waals surface area contributed by atoms with Crippen molar-refractivity contribution in [1.82, 2.24) is 19.6 Å². The molecule has 0 N–H and O–H groups in total. The summed E-state index contributed by atoms with van der Waals surface area (Å²) in [5.74, 6) is 0.359. The Hall–Kier alpha value is -2.40. The fraction of sp³-hybridized carbons (Fsp3) is 0.520. The SMILES string of the molecule is CCn1cc(CN2CCC3(CC=CCN(CCc4ccccc4)C3=O)CC2)c(C)n1. The second-order valence-electron chi connectivity index (χ2n) is 8.81. The van der Waals surface area contributed by atoms with Crippen molar-refractivity contribution in [2.24, 2.45) is 5.41 Å². The Morgan fingerprint density at radius 1 is 1.10 bits per heavy atom. The highest BCUT2D eigenvalue weighted by atomic mass is 16.2. The van der Waals surface area contributed by atoms with Crippen LogP contribution in [0.15, 0.2) is 48.7 Å². The molecule has 5 nitrogen and oxygen atoms in total. The van der Waals surface area contributed by atoms with Crippen LogP contribution in [0.4, 0.5) is 0 Å². The molecule has 1 saturated heterocycles. The van der Waals surface area contributed by atoms with Crippen molar-refractivity contribution >= 4 is 5.91 Å². The number of hydrogen-bond acceptors (Lipinski definition) is 3. The van der Waals surface area contributed by atoms with Crippen LogP contribution >= 0.6 is 0 Å². The van der Waals surface area contributed by atoms with Gasteiger partial charge in [0.05, 0.1) is 11.1 Å². The smallest absolute Gasteiger partial charge is 0.229 e. The van der Waals surface area contributed by atoms with E-state index in [0.29, 0.717) is 5.91 Å². The number of rotatable bonds is 6. The number of aromatic nitrogens is 2. The Bertz CT molecular complexity index is 878. The van der Waals surface area contributed by atoms with Crippen molar-refractivity contribution in [2.45, 2.75) is 52.6 Å². The summed E-state index contributed by atoms with van der Waals surface area (Å²) in [6.45, 7) is 9.55. The van der Waals surface area contributed by atoms with E-state index in [9.17, 15) is 4.79 Å². The molecule has 0 bridgehead atoms. The summed E-state index contributed by atoms with van der Waals surface area (Å²) >= 11 is 0. The summed E-state index contributed by atoms with van der Waals surface area (Å²) in [7, 11) is 0. The second kappa shape index (κ2) is 9.17. The third kappa shape index (κ3) is 4.51. The molecule has 2 aliphatic heterocycles. The van der Waals surface area contributed by atoms with Gasteiger partial charge in [-0.15, -0.1) is 0 Å². The maximum absolute atomic E-state index is 13.6. The monoisotopic (exact) mass is 406 g/mol. The minimum Gasteiger partial charge on any atom is -0.338 e. The number of hydrogen-bond donors (Lipinski definition) is 0. The van der Waals surface area contributed by atoms with Gasteiger partial charge in [-0.05, 0) is 58.2 Å². The Morgan fingerprint density at radius 3 is 2.57 bits per heavy atom. The molecule has 3 heterocycles. The zero-order valence-corrected chi connectivity index (χ0v) is 18.4. The van der Waals surface area contributed by atoms with Crippen LogP contribution in [0.5, 0.6) is 0 Å². The number of amides is 1. The van der Waals surface area contributed by atoms with Gasteiger partial charge in [0.2, 0.25) is 5.91 Å². The molecule has 2 aliphatic rings. The van der Waals surface area contributed by atoms with E-state index in [1.807, 2.05) is 10.7 Å². The molecule has 30 heavy (non-hydrogen) atoms. The molecular weight excluding hydrogens is 372 g/mol. The van der Waals surface area contributed by atoms with Crippen molar-refractivity contribution in [3.63, 3.8) is 0 Å². The molecule has 1 spiro atoms. The summed E-state index contributed by atoms with van der Waals surface area (Å²) in [6.07, 6.45) is 10.3. The standard InChI is InChI=1S/C25H34N4O/c1-3-29-20-23(21(2)26-29)19-27-17-13-25(14-18-27)12-7-8-15-28(24(25)30)16-11-22-9-5-4-6-10-22/h4-10,20H,3,11-19H2,1-2H3. The summed E-state index contributed by atoms with van der Waals surface area (Å²) in [6, 6.07) is 10.5. The highest BCUT2D eigenvalue weighted by molar-refractivity contribution is 5.83. The average Bonchev–Trinajstić information content (AvgIpc) is 3.06. The van der Waals surface area contributed by atoms with Crippen molar-refractivity contribution in [3.05, 3.63) is 65.5 Å². The topological polar surface area (TPSA) is 41.4 Å². The number of carbonyl (C=O) groups excluding carboxylic acids is 1. The molecule has 0 radical (unpaired) electrons. The average molecular weight is 407 g/mol. The number of benzene rings is 1. The van der Waals surface area contributed by atoms with E-state index in [4.69, 9.17) is 0 Å². The molecule has 0 unspecified atom stereocenters. The Labute approximate surface area is 180 Å². The predicted molar refractivity (Wildman–Crippen MR) is 120 cm³/mol. The first-order valence-corrected chi connectivity index (χ1v) is 11.3. The molecule has 1 amide bonds. The van der Waals surface area contributed by atoms with Crippen LogP contribution in [-0.2, 0) is 24.3 Å². The van der Waals surface area contributed by atoms with E-state index < -0.39 is 0 Å². The lowest BCUT2D eigenvalue weighted by Crippen LogP contribution is -2.49. The van der Waals surface area contributed by atoms with Gasteiger partial charge >= 0.3 is 0 Å². The van der Waals surface area contributed by atoms with E-state index >= 15 is 0 Å². The van der Waals surface area contributed by atoms with Crippen molar-refractivity contribution < 1.29 is 4.79 Å². The van der Waals surface area contributed by atoms with Gasteiger partial charge in [0.15, 0.2) is 0 Å². The maximum atomic E-state index is 13.6. The number of aryl methyl sites for hydroxylation is 2. The predicted octanol–water partition coefficient (Wildman–Crippen LogP) is 3.82. The highest BCUT2D eigenvalue weighted by Crippen LogP contribution is 2.39. The van der Waals surface area contributed by atoms with Crippen LogP contribution in [0.3, 0.4) is 0 Å². The third-order valence-electron chi connectivity index (χ3n) is 6.83. The van der Waals surface area contributed by atoms with Crippen LogP contribution in [0.1, 0.15) is 43.0 Å². The lowest BCUT2D eigenvalue weighted by molar-refractivity contribution is -0.144. The number of carbonyl (C=O) groups is 1. The molecule has 0 aliphatic carbocycles. The minimum absolute atomic E-state index is 0.219. The van der Waals surface area contributed by atoms with Gasteiger partial charge in [-0.1, -0.05) is 42.5 Å². The molecule has 1 aromatic heterocycles. The molecule has 4 rings (SSSR count). The van der Waals surface area contributed by atoms with E-state index in [-0.39, 0.29) is 5.41 Å². The molecule has 1 fully saturated rings. The van der Waals surface area contributed by atoms with Crippen molar-refractivity contribution in [2.75, 3.05) is 26.2 Å². The second-order valence-corrected chi connectivity index (χ2v) is 8.81. The molecule has 5 heteroatoms. The molecule has 1 aromatic carbocycles. The highest BCUT2D eigenvalue weighted by Gasteiger charge is 2.43. The zero-order chi connectivity index (χ0) is 21.0. The van der Waals surface area contributed by atoms with Crippen LogP contribution in [0, 0.1) is 12.3 Å². The van der Waals surface area contributed by atoms with Gasteiger partial charge in [0.25, 0.3) is 0 Å². The largest absolute Gasteiger partial charge is 0.338 e. The Kier molecular flexibility index (Phi) is 6.38. The van der Waals surface area contributed by atoms with E-state index in [1.54, 1.807) is 0 Å². The van der Waals surface area contributed by atoms with Gasteiger partial charge in [-0.2, -0.15) is 5.10 Å². The van der Waals surface area contributed by atoms with Crippen LogP contribution in [0.25, 0.3) is 0 Å². The molecule has 0 atom stereocenters. The van der Waals surface area contributed by atoms with Gasteiger partial charge in [0, 0.05) is 37.9 Å². The van der Waals surface area contributed by atoms with Crippen molar-refractivity contribution in [1.29, 1.82) is 0 Å². The van der Waals surface area contributed by atoms with Gasteiger partial charge < -0.3 is 4.90 Å². The van der Waals surface area contributed by atoms with E-state index in [2.05, 4.69) is 71.4 Å². The number of allylic oxidation sites excluding steroid dienone is 1. The quantitative estimate of drug-likeness (QED) is 0.685. The number of nitrogens with zero attached hydrogens (tertiary/aromatic N) is 4. The lowest BCUT2D eigenvalue weighted by atomic mass is 9.74. The normalized spacial score (nSPS) is 19.4. The first-order valence-electron chi connectivity index (χ1n) is 11.3. The first-order chi connectivity index (χ1) is 14.6. The van der Waals surface area contributed by atoms with E-state index in [1.165, 1.54) is 11.1 Å². The number of likely N-dealkylation sites (tertiary alicyclic amines) is 1. The molecule has 2 aromatic rings. The molecule has 160 valence electrons. The fourth-order valence-corrected chi connectivity index (χ4v) is 4.79. The van der Waals surface area contributed by atoms with Gasteiger partial charge in [0.1, 0.15) is 0 Å². The Balaban J connectivity index is 1.38. The summed E-state index contributed by atoms with van der Waals surface area (Å²) in [5.41, 5.74) is 3.51. The Morgan fingerprint density at radius 2 is 1.87 bits per heavy atom. The molecule has 0 saturated carbocycles. The third-order valence-corrected chi connectivity index (χ3v) is 6.83. The summed E-state index contributed by atoms with van der Waals surface area (Å²) in [5, 5.41) is 4.58. The zero-order valence-electron chi connectivity index (χ0n) is 18.4. The fourth-order valence-electron chi connectivity index (χ4n) is 4.79. The van der Waals surface area contributed by atoms with Gasteiger partial charge in [-0.25, -0.2) is 0 Å². The van der Waals surface area contributed by atoms with Crippen LogP contribution in [-0.4, -0.2) is 51.7 Å².